The maximum atomic E-state index is 9.75. The largest absolute Gasteiger partial charge is 0.506 e. The van der Waals surface area contributed by atoms with E-state index in [9.17, 15) is 5.11 Å². The van der Waals surface area contributed by atoms with Gasteiger partial charge >= 0.3 is 0 Å². The topological polar surface area (TPSA) is 37.2 Å². The Balaban J connectivity index is 2.53. The summed E-state index contributed by atoms with van der Waals surface area (Å²) in [7, 11) is 1.96. The number of aromatic nitrogens is 1. The number of aromatic hydroxyl groups is 1. The van der Waals surface area contributed by atoms with Gasteiger partial charge in [-0.2, -0.15) is 0 Å². The van der Waals surface area contributed by atoms with E-state index in [1.165, 1.54) is 5.56 Å². The number of nitrogens with one attached hydrogen (secondary N) is 1. The molecule has 2 rings (SSSR count). The number of aryl methyl sites for hydroxylation is 1. The van der Waals surface area contributed by atoms with Crippen LogP contribution in [0.5, 0.6) is 5.75 Å². The van der Waals surface area contributed by atoms with Gasteiger partial charge in [0, 0.05) is 25.2 Å². The Labute approximate surface area is 89.3 Å². The SMILES string of the molecule is CCNCc1cn(C)c2c(O)cccc12. The van der Waals surface area contributed by atoms with E-state index in [2.05, 4.69) is 18.4 Å². The molecule has 1 aromatic carbocycles. The van der Waals surface area contributed by atoms with Gasteiger partial charge in [0.15, 0.2) is 0 Å². The number of para-hydroxylation sites is 1. The van der Waals surface area contributed by atoms with Crippen LogP contribution in [0.1, 0.15) is 12.5 Å². The highest BCUT2D eigenvalue weighted by molar-refractivity contribution is 5.88. The summed E-state index contributed by atoms with van der Waals surface area (Å²) in [6, 6.07) is 5.65. The van der Waals surface area contributed by atoms with E-state index in [0.29, 0.717) is 5.75 Å². The van der Waals surface area contributed by atoms with Crippen molar-refractivity contribution < 1.29 is 5.11 Å². The molecule has 3 heteroatoms. The van der Waals surface area contributed by atoms with Crippen molar-refractivity contribution in [3.05, 3.63) is 30.0 Å². The summed E-state index contributed by atoms with van der Waals surface area (Å²) in [5.74, 6) is 0.345. The Morgan fingerprint density at radius 2 is 2.20 bits per heavy atom. The summed E-state index contributed by atoms with van der Waals surface area (Å²) >= 11 is 0. The molecule has 1 aromatic heterocycles. The highest BCUT2D eigenvalue weighted by atomic mass is 16.3. The smallest absolute Gasteiger partial charge is 0.139 e. The van der Waals surface area contributed by atoms with Gasteiger partial charge in [-0.3, -0.25) is 0 Å². The van der Waals surface area contributed by atoms with Crippen molar-refractivity contribution >= 4 is 10.9 Å². The van der Waals surface area contributed by atoms with Crippen LogP contribution in [0, 0.1) is 0 Å². The number of nitrogens with zero attached hydrogens (tertiary/aromatic N) is 1. The van der Waals surface area contributed by atoms with E-state index >= 15 is 0 Å². The third-order valence-corrected chi connectivity index (χ3v) is 2.63. The molecular formula is C12H16N2O. The number of fused-ring (bicyclic) bond motifs is 1. The van der Waals surface area contributed by atoms with Crippen molar-refractivity contribution in [1.82, 2.24) is 9.88 Å². The van der Waals surface area contributed by atoms with Crippen LogP contribution in [0.4, 0.5) is 0 Å². The van der Waals surface area contributed by atoms with Crippen molar-refractivity contribution in [2.24, 2.45) is 7.05 Å². The van der Waals surface area contributed by atoms with Crippen molar-refractivity contribution in [2.45, 2.75) is 13.5 Å². The van der Waals surface area contributed by atoms with Crippen LogP contribution in [0.25, 0.3) is 10.9 Å². The van der Waals surface area contributed by atoms with E-state index < -0.39 is 0 Å². The molecule has 0 radical (unpaired) electrons. The molecule has 2 N–H and O–H groups in total. The maximum Gasteiger partial charge on any atom is 0.139 e. The predicted octanol–water partition coefficient (Wildman–Crippen LogP) is 1.99. The van der Waals surface area contributed by atoms with Crippen molar-refractivity contribution in [1.29, 1.82) is 0 Å². The van der Waals surface area contributed by atoms with Crippen molar-refractivity contribution in [3.8, 4) is 5.75 Å². The number of hydrogen-bond acceptors (Lipinski definition) is 2. The molecule has 80 valence electrons. The zero-order valence-electron chi connectivity index (χ0n) is 9.12. The number of benzene rings is 1. The first-order chi connectivity index (χ1) is 7.24. The molecule has 3 nitrogen and oxygen atoms in total. The Morgan fingerprint density at radius 1 is 1.40 bits per heavy atom. The first kappa shape index (κ1) is 10.1. The molecule has 0 unspecified atom stereocenters. The molecule has 0 spiro atoms. The van der Waals surface area contributed by atoms with Crippen LogP contribution >= 0.6 is 0 Å². The van der Waals surface area contributed by atoms with Gasteiger partial charge in [0.2, 0.25) is 0 Å². The summed E-state index contributed by atoms with van der Waals surface area (Å²) < 4.78 is 1.97. The standard InChI is InChI=1S/C12H16N2O/c1-3-13-7-9-8-14(2)12-10(9)5-4-6-11(12)15/h4-6,8,13,15H,3,7H2,1-2H3. The molecule has 0 saturated heterocycles. The van der Waals surface area contributed by atoms with Gasteiger partial charge < -0.3 is 15.0 Å². The number of hydrogen-bond donors (Lipinski definition) is 2. The van der Waals surface area contributed by atoms with Gasteiger partial charge in [0.1, 0.15) is 5.75 Å². The van der Waals surface area contributed by atoms with Crippen LogP contribution in [0.3, 0.4) is 0 Å². The Hall–Kier alpha value is -1.48. The van der Waals surface area contributed by atoms with Crippen molar-refractivity contribution in [3.63, 3.8) is 0 Å². The zero-order chi connectivity index (χ0) is 10.8. The molecule has 1 heterocycles. The van der Waals surface area contributed by atoms with Crippen LogP contribution in [-0.4, -0.2) is 16.2 Å². The molecule has 0 amide bonds. The molecule has 0 atom stereocenters. The molecular weight excluding hydrogens is 188 g/mol. The average Bonchev–Trinajstić information content (AvgIpc) is 2.54. The molecule has 0 aliphatic heterocycles. The van der Waals surface area contributed by atoms with E-state index in [1.54, 1.807) is 6.07 Å². The average molecular weight is 204 g/mol. The van der Waals surface area contributed by atoms with E-state index in [1.807, 2.05) is 23.7 Å². The summed E-state index contributed by atoms with van der Waals surface area (Å²) in [5, 5.41) is 14.2. The van der Waals surface area contributed by atoms with E-state index in [4.69, 9.17) is 0 Å². The lowest BCUT2D eigenvalue weighted by Gasteiger charge is -2.00. The molecule has 0 bridgehead atoms. The van der Waals surface area contributed by atoms with E-state index in [0.717, 1.165) is 24.0 Å². The molecule has 0 aliphatic rings. The number of phenolic OH excluding ortho intramolecular Hbond substituents is 1. The maximum absolute atomic E-state index is 9.75. The summed E-state index contributed by atoms with van der Waals surface area (Å²) in [5.41, 5.74) is 2.13. The minimum Gasteiger partial charge on any atom is -0.506 e. The monoisotopic (exact) mass is 204 g/mol. The lowest BCUT2D eigenvalue weighted by atomic mass is 10.1. The molecule has 0 saturated carbocycles. The van der Waals surface area contributed by atoms with Gasteiger partial charge in [-0.1, -0.05) is 19.1 Å². The fourth-order valence-corrected chi connectivity index (χ4v) is 1.93. The van der Waals surface area contributed by atoms with Gasteiger partial charge in [0.05, 0.1) is 5.52 Å². The summed E-state index contributed by atoms with van der Waals surface area (Å²) in [4.78, 5) is 0. The fraction of sp³-hybridized carbons (Fsp3) is 0.333. The van der Waals surface area contributed by atoms with Gasteiger partial charge in [-0.05, 0) is 18.2 Å². The minimum absolute atomic E-state index is 0.345. The van der Waals surface area contributed by atoms with E-state index in [-0.39, 0.29) is 0 Å². The second-order valence-corrected chi connectivity index (χ2v) is 3.72. The molecule has 0 aliphatic carbocycles. The molecule has 0 fully saturated rings. The second-order valence-electron chi connectivity index (χ2n) is 3.72. The third kappa shape index (κ3) is 1.70. The Kier molecular flexibility index (Phi) is 2.64. The quantitative estimate of drug-likeness (QED) is 0.802. The third-order valence-electron chi connectivity index (χ3n) is 2.63. The molecule has 2 aromatic rings. The fourth-order valence-electron chi connectivity index (χ4n) is 1.93. The van der Waals surface area contributed by atoms with Gasteiger partial charge in [0.25, 0.3) is 0 Å². The number of phenols is 1. The summed E-state index contributed by atoms with van der Waals surface area (Å²) in [6.45, 7) is 3.88. The lowest BCUT2D eigenvalue weighted by Crippen LogP contribution is -2.11. The highest BCUT2D eigenvalue weighted by Gasteiger charge is 2.08. The van der Waals surface area contributed by atoms with Crippen LogP contribution in [0.15, 0.2) is 24.4 Å². The van der Waals surface area contributed by atoms with Crippen molar-refractivity contribution in [2.75, 3.05) is 6.54 Å². The summed E-state index contributed by atoms with van der Waals surface area (Å²) in [6.07, 6.45) is 2.06. The predicted molar refractivity (Wildman–Crippen MR) is 62.0 cm³/mol. The first-order valence-electron chi connectivity index (χ1n) is 5.20. The lowest BCUT2D eigenvalue weighted by molar-refractivity contribution is 0.479. The second kappa shape index (κ2) is 3.95. The van der Waals surface area contributed by atoms with Gasteiger partial charge in [-0.25, -0.2) is 0 Å². The highest BCUT2D eigenvalue weighted by Crippen LogP contribution is 2.27. The number of rotatable bonds is 3. The Morgan fingerprint density at radius 3 is 2.93 bits per heavy atom. The minimum atomic E-state index is 0.345. The molecule has 15 heavy (non-hydrogen) atoms. The zero-order valence-corrected chi connectivity index (χ0v) is 9.12. The first-order valence-corrected chi connectivity index (χ1v) is 5.20. The van der Waals surface area contributed by atoms with Crippen LogP contribution in [0.2, 0.25) is 0 Å². The Bertz CT molecular complexity index is 474. The van der Waals surface area contributed by atoms with Crippen LogP contribution < -0.4 is 5.32 Å². The normalized spacial score (nSPS) is 11.1. The van der Waals surface area contributed by atoms with Gasteiger partial charge in [-0.15, -0.1) is 0 Å². The van der Waals surface area contributed by atoms with Crippen LogP contribution in [-0.2, 0) is 13.6 Å².